The van der Waals surface area contributed by atoms with Gasteiger partial charge < -0.3 is 20.1 Å². The number of nitrogens with two attached hydrogens (primary N) is 1. The summed E-state index contributed by atoms with van der Waals surface area (Å²) in [6.45, 7) is 4.34. The molecule has 2 aromatic carbocycles. The summed E-state index contributed by atoms with van der Waals surface area (Å²) < 4.78 is 72.5. The van der Waals surface area contributed by atoms with Crippen molar-refractivity contribution in [1.82, 2.24) is 24.8 Å². The van der Waals surface area contributed by atoms with Gasteiger partial charge in [-0.15, -0.1) is 0 Å². The van der Waals surface area contributed by atoms with Crippen LogP contribution in [0.15, 0.2) is 36.9 Å². The Bertz CT molecular complexity index is 1810. The summed E-state index contributed by atoms with van der Waals surface area (Å²) in [6.07, 6.45) is -0.574. The van der Waals surface area contributed by atoms with E-state index in [1.807, 2.05) is 0 Å². The molecule has 1 amide bonds. The second-order valence-corrected chi connectivity index (χ2v) is 12.5. The molecule has 7 rings (SSSR count). The lowest BCUT2D eigenvalue weighted by Gasteiger charge is -2.30. The molecule has 4 unspecified atom stereocenters. The van der Waals surface area contributed by atoms with Crippen molar-refractivity contribution < 1.29 is 31.8 Å². The summed E-state index contributed by atoms with van der Waals surface area (Å²) in [5.74, 6) is -1.89. The summed E-state index contributed by atoms with van der Waals surface area (Å²) in [5, 5.41) is 0.270. The zero-order valence-corrected chi connectivity index (χ0v) is 24.3. The number of ether oxygens (including phenoxy) is 2. The van der Waals surface area contributed by atoms with Crippen LogP contribution in [0.5, 0.6) is 11.9 Å². The first-order valence-corrected chi connectivity index (χ1v) is 15.1. The zero-order valence-electron chi connectivity index (χ0n) is 23.4. The fourth-order valence-electron chi connectivity index (χ4n) is 6.63. The van der Waals surface area contributed by atoms with Crippen molar-refractivity contribution >= 4 is 43.5 Å². The number of benzene rings is 2. The summed E-state index contributed by atoms with van der Waals surface area (Å²) >= 11 is 0.953. The van der Waals surface area contributed by atoms with Gasteiger partial charge in [0.2, 0.25) is 11.8 Å². The van der Waals surface area contributed by atoms with Crippen LogP contribution in [0.4, 0.5) is 22.7 Å². The van der Waals surface area contributed by atoms with E-state index in [2.05, 4.69) is 26.4 Å². The van der Waals surface area contributed by atoms with Gasteiger partial charge >= 0.3 is 6.01 Å². The Kier molecular flexibility index (Phi) is 7.08. The number of nitrogens with zero attached hydrogens (tertiary/aromatic N) is 5. The first-order valence-electron chi connectivity index (χ1n) is 14.2. The monoisotopic (exact) mass is 628 g/mol. The smallest absolute Gasteiger partial charge is 0.320 e. The average Bonchev–Trinajstić information content (AvgIpc) is 3.75. The van der Waals surface area contributed by atoms with E-state index in [1.54, 1.807) is 0 Å². The van der Waals surface area contributed by atoms with Crippen LogP contribution in [-0.2, 0) is 4.79 Å². The van der Waals surface area contributed by atoms with Gasteiger partial charge in [0.25, 0.3) is 0 Å². The van der Waals surface area contributed by atoms with Gasteiger partial charge in [0, 0.05) is 24.1 Å². The van der Waals surface area contributed by atoms with Crippen LogP contribution >= 0.6 is 11.3 Å². The topological polar surface area (TPSA) is 107 Å². The molecule has 0 saturated carbocycles. The van der Waals surface area contributed by atoms with Crippen molar-refractivity contribution in [2.45, 2.75) is 43.2 Å². The van der Waals surface area contributed by atoms with Gasteiger partial charge in [0.1, 0.15) is 24.1 Å². The molecule has 4 atom stereocenters. The molecule has 2 N–H and O–H groups in total. The molecule has 2 aromatic heterocycles. The molecule has 0 radical (unpaired) electrons. The second kappa shape index (κ2) is 10.8. The highest BCUT2D eigenvalue weighted by Crippen LogP contribution is 2.42. The van der Waals surface area contributed by atoms with Gasteiger partial charge in [-0.1, -0.05) is 24.0 Å². The number of aromatic nitrogens is 3. The first kappa shape index (κ1) is 28.7. The lowest BCUT2D eigenvalue weighted by molar-refractivity contribution is -0.125. The number of rotatable bonds is 7. The second-order valence-electron chi connectivity index (χ2n) is 11.4. The summed E-state index contributed by atoms with van der Waals surface area (Å²) in [7, 11) is 0. The Morgan fingerprint density at radius 2 is 1.93 bits per heavy atom. The molecular weight excluding hydrogens is 600 g/mol. The van der Waals surface area contributed by atoms with Crippen LogP contribution in [0, 0.1) is 11.6 Å². The third kappa shape index (κ3) is 4.80. The fraction of sp³-hybridized carbons (Fsp3) is 0.400. The zero-order chi connectivity index (χ0) is 30.7. The van der Waals surface area contributed by atoms with Crippen LogP contribution in [0.25, 0.3) is 32.2 Å². The molecule has 3 aliphatic heterocycles. The van der Waals surface area contributed by atoms with E-state index < -0.39 is 41.5 Å². The van der Waals surface area contributed by atoms with Crippen LogP contribution in [0.2, 0.25) is 0 Å². The first-order chi connectivity index (χ1) is 21.2. The summed E-state index contributed by atoms with van der Waals surface area (Å²) in [4.78, 5) is 28.4. The van der Waals surface area contributed by atoms with Gasteiger partial charge in [-0.2, -0.15) is 9.97 Å². The van der Waals surface area contributed by atoms with E-state index in [4.69, 9.17) is 15.2 Å². The SMILES string of the molecule is C=CC(=O)N1CC(F)C(Oc2nc(OCC34CCCN3CC(F)C4)nc3c(F)c(-c4ccc(F)c5sc(N)nc45)ccc23)C1. The van der Waals surface area contributed by atoms with E-state index in [9.17, 15) is 13.6 Å². The minimum atomic E-state index is -1.54. The number of likely N-dealkylation sites (tertiary alicyclic amines) is 1. The highest BCUT2D eigenvalue weighted by Gasteiger charge is 2.49. The van der Waals surface area contributed by atoms with Crippen molar-refractivity contribution in [1.29, 1.82) is 0 Å². The Morgan fingerprint density at radius 1 is 1.11 bits per heavy atom. The molecule has 9 nitrogen and oxygen atoms in total. The number of carbonyl (C=O) groups excluding carboxylic acids is 1. The number of thiazole rings is 1. The molecule has 0 spiro atoms. The van der Waals surface area contributed by atoms with Gasteiger partial charge in [-0.25, -0.2) is 22.5 Å². The number of fused-ring (bicyclic) bond motifs is 3. The quantitative estimate of drug-likeness (QED) is 0.229. The van der Waals surface area contributed by atoms with E-state index in [1.165, 1.54) is 29.2 Å². The maximum absolute atomic E-state index is 16.4. The summed E-state index contributed by atoms with van der Waals surface area (Å²) in [6, 6.07) is 5.39. The van der Waals surface area contributed by atoms with Crippen molar-refractivity contribution in [3.8, 4) is 23.0 Å². The van der Waals surface area contributed by atoms with Gasteiger partial charge in [0.05, 0.1) is 34.2 Å². The van der Waals surface area contributed by atoms with E-state index in [0.29, 0.717) is 18.5 Å². The lowest BCUT2D eigenvalue weighted by Crippen LogP contribution is -2.43. The third-order valence-electron chi connectivity index (χ3n) is 8.73. The molecule has 3 aliphatic rings. The lowest BCUT2D eigenvalue weighted by atomic mass is 9.95. The van der Waals surface area contributed by atoms with Crippen molar-refractivity contribution in [3.63, 3.8) is 0 Å². The van der Waals surface area contributed by atoms with Gasteiger partial charge in [-0.3, -0.25) is 9.69 Å². The standard InChI is InChI=1S/C30H28F4N6O3S/c1-2-22(41)39-12-20(33)21(13-39)43-27-18-5-4-16(17-6-7-19(32)26-25(17)36-28(35)44-26)23(34)24(18)37-29(38-27)42-14-30-8-3-9-40(30)11-15(31)10-30/h2,4-7,15,20-21H,1,3,8-14H2,(H2,35,36). The Labute approximate surface area is 253 Å². The van der Waals surface area contributed by atoms with Crippen LogP contribution in [0.3, 0.4) is 0 Å². The van der Waals surface area contributed by atoms with Crippen molar-refractivity contribution in [2.75, 3.05) is 38.5 Å². The largest absolute Gasteiger partial charge is 0.469 e. The number of hydrogen-bond acceptors (Lipinski definition) is 9. The summed E-state index contributed by atoms with van der Waals surface area (Å²) in [5.41, 5.74) is 5.72. The van der Waals surface area contributed by atoms with Gasteiger partial charge in [-0.05, 0) is 43.7 Å². The van der Waals surface area contributed by atoms with Crippen LogP contribution in [0.1, 0.15) is 19.3 Å². The molecule has 230 valence electrons. The van der Waals surface area contributed by atoms with E-state index >= 15 is 8.78 Å². The highest BCUT2D eigenvalue weighted by molar-refractivity contribution is 7.22. The van der Waals surface area contributed by atoms with Crippen molar-refractivity contribution in [2.24, 2.45) is 0 Å². The highest BCUT2D eigenvalue weighted by atomic mass is 32.1. The number of amides is 1. The van der Waals surface area contributed by atoms with Gasteiger partial charge in [0.15, 0.2) is 23.2 Å². The maximum Gasteiger partial charge on any atom is 0.320 e. The van der Waals surface area contributed by atoms with Crippen molar-refractivity contribution in [3.05, 3.63) is 48.6 Å². The number of alkyl halides is 2. The molecule has 44 heavy (non-hydrogen) atoms. The Morgan fingerprint density at radius 3 is 2.75 bits per heavy atom. The number of halogens is 4. The molecular formula is C30H28F4N6O3S. The number of carbonyl (C=O) groups is 1. The minimum Gasteiger partial charge on any atom is -0.469 e. The van der Waals surface area contributed by atoms with E-state index in [-0.39, 0.29) is 63.4 Å². The molecule has 0 aliphatic carbocycles. The molecule has 0 bridgehead atoms. The molecule has 14 heteroatoms. The predicted octanol–water partition coefficient (Wildman–Crippen LogP) is 4.84. The molecule has 3 fully saturated rings. The third-order valence-corrected chi connectivity index (χ3v) is 9.63. The Balaban J connectivity index is 1.30. The molecule has 5 heterocycles. The van der Waals surface area contributed by atoms with Crippen LogP contribution in [-0.4, -0.2) is 87.4 Å². The number of hydrogen-bond donors (Lipinski definition) is 1. The van der Waals surface area contributed by atoms with E-state index in [0.717, 1.165) is 36.8 Å². The number of nitrogen functional groups attached to an aromatic ring is 1. The predicted molar refractivity (Wildman–Crippen MR) is 157 cm³/mol. The van der Waals surface area contributed by atoms with Crippen LogP contribution < -0.4 is 15.2 Å². The molecule has 3 saturated heterocycles. The maximum atomic E-state index is 16.4. The fourth-order valence-corrected chi connectivity index (χ4v) is 7.40. The average molecular weight is 629 g/mol. The normalized spacial score (nSPS) is 25.2. The Hall–Kier alpha value is -4.04. The minimum absolute atomic E-state index is 0.0664. The number of anilines is 1. The molecule has 4 aromatic rings.